The molecule has 80 valence electrons. The van der Waals surface area contributed by atoms with Crippen LogP contribution in [0, 0.1) is 0 Å². The molecular formula is C5H12ClNO5S. The lowest BCUT2D eigenvalue weighted by Crippen LogP contribution is -2.28. The summed E-state index contributed by atoms with van der Waals surface area (Å²) in [4.78, 5) is 10.6. The van der Waals surface area contributed by atoms with Crippen molar-refractivity contribution >= 4 is 28.9 Å². The van der Waals surface area contributed by atoms with Crippen LogP contribution < -0.4 is 5.14 Å². The van der Waals surface area contributed by atoms with Gasteiger partial charge in [0.05, 0.1) is 0 Å². The second-order valence-corrected chi connectivity index (χ2v) is 4.19. The molecule has 0 aliphatic heterocycles. The van der Waals surface area contributed by atoms with Gasteiger partial charge in [-0.1, -0.05) is 0 Å². The Morgan fingerprint density at radius 3 is 1.92 bits per heavy atom. The molecule has 0 amide bonds. The van der Waals surface area contributed by atoms with Crippen molar-refractivity contribution in [2.75, 3.05) is 0 Å². The highest BCUT2D eigenvalue weighted by atomic mass is 35.5. The predicted molar refractivity (Wildman–Crippen MR) is 47.7 cm³/mol. The summed E-state index contributed by atoms with van der Waals surface area (Å²) < 4.78 is 28.6. The molecule has 0 radical (unpaired) electrons. The lowest BCUT2D eigenvalue weighted by molar-refractivity contribution is 0.0223. The van der Waals surface area contributed by atoms with Crippen molar-refractivity contribution < 1.29 is 22.1 Å². The third-order valence-electron chi connectivity index (χ3n) is 0.574. The first-order valence-corrected chi connectivity index (χ1v) is 4.52. The molecule has 0 bridgehead atoms. The topological polar surface area (TPSA) is 95.7 Å². The average molecular weight is 234 g/mol. The Balaban J connectivity index is 0. The third kappa shape index (κ3) is 11.5. The number of nitrogens with two attached hydrogens (primary N) is 1. The Labute approximate surface area is 83.1 Å². The molecule has 0 aromatic carbocycles. The zero-order valence-electron chi connectivity index (χ0n) is 7.44. The number of halogens is 1. The number of hydrogen-bond donors (Lipinski definition) is 1. The molecule has 0 spiro atoms. The Morgan fingerprint density at radius 1 is 1.31 bits per heavy atom. The van der Waals surface area contributed by atoms with Gasteiger partial charge in [0, 0.05) is 0 Å². The van der Waals surface area contributed by atoms with Crippen LogP contribution in [0.4, 0.5) is 4.79 Å². The van der Waals surface area contributed by atoms with Gasteiger partial charge in [0.15, 0.2) is 0 Å². The summed E-state index contributed by atoms with van der Waals surface area (Å²) in [6.45, 7) is 4.70. The minimum atomic E-state index is -4.27. The zero-order valence-corrected chi connectivity index (χ0v) is 9.07. The van der Waals surface area contributed by atoms with Crippen LogP contribution in [-0.4, -0.2) is 20.2 Å². The summed E-state index contributed by atoms with van der Waals surface area (Å²) >= 11 is 0. The molecule has 0 aliphatic rings. The molecule has 2 N–H and O–H groups in total. The second-order valence-electron chi connectivity index (χ2n) is 3.04. The van der Waals surface area contributed by atoms with E-state index in [0.717, 1.165) is 0 Å². The number of carbonyl (C=O) groups excluding carboxylic acids is 1. The van der Waals surface area contributed by atoms with E-state index in [2.05, 4.69) is 14.1 Å². The van der Waals surface area contributed by atoms with Gasteiger partial charge in [-0.05, 0) is 20.8 Å². The first kappa shape index (κ1) is 15.0. The SMILES string of the molecule is CC(C)(C)OC(=O)OS(N)(=O)=O.Cl. The number of carbonyl (C=O) groups is 1. The fourth-order valence-electron chi connectivity index (χ4n) is 0.362. The van der Waals surface area contributed by atoms with Crippen LogP contribution in [0.5, 0.6) is 0 Å². The summed E-state index contributed by atoms with van der Waals surface area (Å²) in [5.41, 5.74) is -0.804. The minimum absolute atomic E-state index is 0. The number of hydrogen-bond acceptors (Lipinski definition) is 5. The second kappa shape index (κ2) is 4.64. The monoisotopic (exact) mass is 233 g/mol. The van der Waals surface area contributed by atoms with Crippen molar-refractivity contribution in [3.05, 3.63) is 0 Å². The summed E-state index contributed by atoms with van der Waals surface area (Å²) in [5.74, 6) is 0. The van der Waals surface area contributed by atoms with Crippen molar-refractivity contribution in [3.63, 3.8) is 0 Å². The van der Waals surface area contributed by atoms with Gasteiger partial charge >= 0.3 is 16.5 Å². The predicted octanol–water partition coefficient (Wildman–Crippen LogP) is 0.563. The van der Waals surface area contributed by atoms with Gasteiger partial charge in [-0.25, -0.2) is 4.79 Å². The maximum Gasteiger partial charge on any atom is 0.525 e. The van der Waals surface area contributed by atoms with Crippen LogP contribution in [0.15, 0.2) is 0 Å². The van der Waals surface area contributed by atoms with E-state index in [-0.39, 0.29) is 12.4 Å². The Morgan fingerprint density at radius 2 is 1.69 bits per heavy atom. The Hall–Kier alpha value is -0.530. The van der Waals surface area contributed by atoms with Crippen molar-refractivity contribution in [2.45, 2.75) is 26.4 Å². The van der Waals surface area contributed by atoms with E-state index >= 15 is 0 Å². The van der Waals surface area contributed by atoms with Crippen LogP contribution in [0.3, 0.4) is 0 Å². The molecule has 8 heteroatoms. The molecule has 0 fully saturated rings. The fourth-order valence-corrected chi connectivity index (χ4v) is 0.586. The van der Waals surface area contributed by atoms with Crippen LogP contribution in [-0.2, 0) is 19.2 Å². The van der Waals surface area contributed by atoms with Crippen LogP contribution in [0.1, 0.15) is 20.8 Å². The van der Waals surface area contributed by atoms with Gasteiger partial charge in [-0.15, -0.1) is 12.4 Å². The quantitative estimate of drug-likeness (QED) is 0.668. The molecule has 0 saturated carbocycles. The van der Waals surface area contributed by atoms with E-state index in [1.807, 2.05) is 0 Å². The molecule has 0 atom stereocenters. The zero-order chi connectivity index (χ0) is 9.99. The van der Waals surface area contributed by atoms with E-state index in [4.69, 9.17) is 0 Å². The fraction of sp³-hybridized carbons (Fsp3) is 0.800. The highest BCUT2D eigenvalue weighted by Crippen LogP contribution is 2.08. The highest BCUT2D eigenvalue weighted by molar-refractivity contribution is 7.84. The van der Waals surface area contributed by atoms with Gasteiger partial charge in [0.25, 0.3) is 0 Å². The van der Waals surface area contributed by atoms with E-state index in [1.165, 1.54) is 0 Å². The Bertz CT molecular complexity index is 267. The van der Waals surface area contributed by atoms with Gasteiger partial charge < -0.3 is 8.92 Å². The van der Waals surface area contributed by atoms with E-state index in [9.17, 15) is 13.2 Å². The third-order valence-corrected chi connectivity index (χ3v) is 0.942. The Kier molecular flexibility index (Phi) is 5.34. The van der Waals surface area contributed by atoms with Crippen molar-refractivity contribution in [3.8, 4) is 0 Å². The summed E-state index contributed by atoms with van der Waals surface area (Å²) in [5, 5.41) is 4.40. The summed E-state index contributed by atoms with van der Waals surface area (Å²) in [6, 6.07) is 0. The lowest BCUT2D eigenvalue weighted by Gasteiger charge is -2.17. The summed E-state index contributed by atoms with van der Waals surface area (Å²) in [7, 11) is -4.27. The van der Waals surface area contributed by atoms with Crippen molar-refractivity contribution in [2.24, 2.45) is 5.14 Å². The van der Waals surface area contributed by atoms with Crippen LogP contribution >= 0.6 is 12.4 Å². The molecule has 0 unspecified atom stereocenters. The number of rotatable bonds is 1. The normalized spacial score (nSPS) is 11.4. The average Bonchev–Trinajstić information content (AvgIpc) is 1.49. The molecule has 0 saturated heterocycles. The molecule has 0 aromatic heterocycles. The first-order valence-electron chi connectivity index (χ1n) is 3.05. The van der Waals surface area contributed by atoms with Crippen LogP contribution in [0.25, 0.3) is 0 Å². The van der Waals surface area contributed by atoms with Crippen molar-refractivity contribution in [1.82, 2.24) is 0 Å². The maximum absolute atomic E-state index is 10.6. The standard InChI is InChI=1S/C5H11NO5S.ClH/c1-5(2,3)10-4(7)11-12(6,8)9;/h1-3H3,(H2,6,8,9);1H. The molecule has 13 heavy (non-hydrogen) atoms. The molecule has 0 aliphatic carbocycles. The minimum Gasteiger partial charge on any atom is -0.428 e. The molecule has 0 heterocycles. The van der Waals surface area contributed by atoms with E-state index in [1.54, 1.807) is 20.8 Å². The summed E-state index contributed by atoms with van der Waals surface area (Å²) in [6.07, 6.45) is -1.33. The molecule has 0 aromatic rings. The van der Waals surface area contributed by atoms with E-state index in [0.29, 0.717) is 0 Å². The highest BCUT2D eigenvalue weighted by Gasteiger charge is 2.20. The van der Waals surface area contributed by atoms with Crippen molar-refractivity contribution in [1.29, 1.82) is 0 Å². The van der Waals surface area contributed by atoms with Crippen LogP contribution in [0.2, 0.25) is 0 Å². The lowest BCUT2D eigenvalue weighted by atomic mass is 10.2. The van der Waals surface area contributed by atoms with Gasteiger partial charge in [-0.3, -0.25) is 0 Å². The number of ether oxygens (including phenoxy) is 1. The largest absolute Gasteiger partial charge is 0.525 e. The molecule has 0 rings (SSSR count). The first-order chi connectivity index (χ1) is 5.10. The molecular weight excluding hydrogens is 222 g/mol. The van der Waals surface area contributed by atoms with Gasteiger partial charge in [-0.2, -0.15) is 13.6 Å². The maximum atomic E-state index is 10.6. The van der Waals surface area contributed by atoms with Gasteiger partial charge in [0.1, 0.15) is 5.60 Å². The smallest absolute Gasteiger partial charge is 0.428 e. The van der Waals surface area contributed by atoms with Gasteiger partial charge in [0.2, 0.25) is 0 Å². The molecule has 6 nitrogen and oxygen atoms in total. The van der Waals surface area contributed by atoms with E-state index < -0.39 is 22.1 Å².